The van der Waals surface area contributed by atoms with Gasteiger partial charge >= 0.3 is 0 Å². The molecule has 0 radical (unpaired) electrons. The molecule has 2 N–H and O–H groups in total. The molecule has 4 nitrogen and oxygen atoms in total. The third-order valence-electron chi connectivity index (χ3n) is 3.06. The molecule has 0 bridgehead atoms. The lowest BCUT2D eigenvalue weighted by molar-refractivity contribution is 0.829. The first-order valence-corrected chi connectivity index (χ1v) is 7.17. The number of hydrogen-bond donors (Lipinski definition) is 1. The first-order chi connectivity index (χ1) is 8.65. The van der Waals surface area contributed by atoms with Crippen molar-refractivity contribution in [1.82, 2.24) is 14.8 Å². The highest BCUT2D eigenvalue weighted by atomic mass is 127. The van der Waals surface area contributed by atoms with Crippen LogP contribution < -0.4 is 5.73 Å². The molecule has 1 aliphatic carbocycles. The van der Waals surface area contributed by atoms with Crippen molar-refractivity contribution in [1.29, 1.82) is 0 Å². The summed E-state index contributed by atoms with van der Waals surface area (Å²) in [6.45, 7) is 0. The van der Waals surface area contributed by atoms with Gasteiger partial charge in [0.25, 0.3) is 0 Å². The topological polar surface area (TPSA) is 56.7 Å². The van der Waals surface area contributed by atoms with E-state index in [9.17, 15) is 0 Å². The zero-order valence-corrected chi connectivity index (χ0v) is 12.5. The monoisotopic (exact) mass is 370 g/mol. The van der Waals surface area contributed by atoms with Gasteiger partial charge in [-0.2, -0.15) is 5.10 Å². The lowest BCUT2D eigenvalue weighted by Crippen LogP contribution is -2.16. The Labute approximate surface area is 124 Å². The van der Waals surface area contributed by atoms with Gasteiger partial charge in [-0.15, -0.1) is 0 Å². The molecule has 0 saturated carbocycles. The Morgan fingerprint density at radius 3 is 2.94 bits per heavy atom. The van der Waals surface area contributed by atoms with E-state index in [4.69, 9.17) is 18.0 Å². The Kier molecular flexibility index (Phi) is 3.06. The van der Waals surface area contributed by atoms with Crippen LogP contribution in [0, 0.1) is 3.57 Å². The molecule has 0 fully saturated rings. The van der Waals surface area contributed by atoms with E-state index in [0.29, 0.717) is 4.99 Å². The van der Waals surface area contributed by atoms with Crippen molar-refractivity contribution in [3.8, 4) is 5.82 Å². The number of nitrogens with zero attached hydrogens (tertiary/aromatic N) is 3. The molecule has 18 heavy (non-hydrogen) atoms. The molecule has 0 saturated heterocycles. The van der Waals surface area contributed by atoms with Crippen LogP contribution in [0.4, 0.5) is 0 Å². The molecule has 0 aliphatic heterocycles. The van der Waals surface area contributed by atoms with Gasteiger partial charge in [0.2, 0.25) is 0 Å². The highest BCUT2D eigenvalue weighted by Gasteiger charge is 2.18. The van der Waals surface area contributed by atoms with Crippen molar-refractivity contribution in [2.45, 2.75) is 19.3 Å². The number of pyridine rings is 1. The summed E-state index contributed by atoms with van der Waals surface area (Å²) in [4.78, 5) is 5.06. The Hall–Kier alpha value is -1.02. The SMILES string of the molecule is NC(=S)c1cc2c(nc1-n1cc(I)cn1)CCC2. The minimum Gasteiger partial charge on any atom is -0.389 e. The molecule has 2 heterocycles. The van der Waals surface area contributed by atoms with Gasteiger partial charge in [-0.05, 0) is 53.5 Å². The van der Waals surface area contributed by atoms with Gasteiger partial charge in [0, 0.05) is 11.9 Å². The van der Waals surface area contributed by atoms with Crippen molar-refractivity contribution < 1.29 is 0 Å². The summed E-state index contributed by atoms with van der Waals surface area (Å²) in [6.07, 6.45) is 6.96. The number of nitrogens with two attached hydrogens (primary N) is 1. The average Bonchev–Trinajstić information content (AvgIpc) is 2.94. The fraction of sp³-hybridized carbons (Fsp3) is 0.250. The van der Waals surface area contributed by atoms with Crippen molar-refractivity contribution in [2.24, 2.45) is 5.73 Å². The van der Waals surface area contributed by atoms with Crippen LogP contribution in [0.3, 0.4) is 0 Å². The second kappa shape index (κ2) is 4.58. The molecule has 3 rings (SSSR count). The van der Waals surface area contributed by atoms with Gasteiger partial charge in [-0.25, -0.2) is 9.67 Å². The second-order valence-corrected chi connectivity index (χ2v) is 5.97. The summed E-state index contributed by atoms with van der Waals surface area (Å²) in [6, 6.07) is 2.07. The van der Waals surface area contributed by atoms with E-state index in [1.165, 1.54) is 5.56 Å². The summed E-state index contributed by atoms with van der Waals surface area (Å²) in [5.74, 6) is 0.742. The summed E-state index contributed by atoms with van der Waals surface area (Å²) in [7, 11) is 0. The number of aromatic nitrogens is 3. The number of fused-ring (bicyclic) bond motifs is 1. The largest absolute Gasteiger partial charge is 0.389 e. The molecule has 2 aromatic rings. The van der Waals surface area contributed by atoms with Crippen molar-refractivity contribution in [3.63, 3.8) is 0 Å². The predicted molar refractivity (Wildman–Crippen MR) is 82.0 cm³/mol. The van der Waals surface area contributed by atoms with Gasteiger partial charge in [0.05, 0.1) is 15.3 Å². The van der Waals surface area contributed by atoms with E-state index in [1.807, 2.05) is 6.20 Å². The lowest BCUT2D eigenvalue weighted by atomic mass is 10.1. The fourth-order valence-electron chi connectivity index (χ4n) is 2.23. The molecule has 0 spiro atoms. The summed E-state index contributed by atoms with van der Waals surface area (Å²) in [5.41, 5.74) is 9.03. The number of thiocarbonyl (C=S) groups is 1. The maximum absolute atomic E-state index is 5.80. The predicted octanol–water partition coefficient (Wildman–Crippen LogP) is 1.99. The highest BCUT2D eigenvalue weighted by Crippen LogP contribution is 2.24. The smallest absolute Gasteiger partial charge is 0.163 e. The zero-order chi connectivity index (χ0) is 12.7. The average molecular weight is 370 g/mol. The van der Waals surface area contributed by atoms with Crippen molar-refractivity contribution in [3.05, 3.63) is 38.9 Å². The Morgan fingerprint density at radius 1 is 1.44 bits per heavy atom. The minimum atomic E-state index is 0.373. The van der Waals surface area contributed by atoms with Gasteiger partial charge in [-0.1, -0.05) is 12.2 Å². The van der Waals surface area contributed by atoms with Crippen LogP contribution in [0.25, 0.3) is 5.82 Å². The molecule has 6 heteroatoms. The Balaban J connectivity index is 2.21. The maximum atomic E-state index is 5.80. The second-order valence-electron chi connectivity index (χ2n) is 4.29. The van der Waals surface area contributed by atoms with Crippen LogP contribution in [0.2, 0.25) is 0 Å². The third-order valence-corrected chi connectivity index (χ3v) is 3.84. The highest BCUT2D eigenvalue weighted by molar-refractivity contribution is 14.1. The molecule has 1 aliphatic rings. The number of rotatable bonds is 2. The Morgan fingerprint density at radius 2 is 2.28 bits per heavy atom. The van der Waals surface area contributed by atoms with E-state index in [2.05, 4.69) is 38.7 Å². The van der Waals surface area contributed by atoms with E-state index in [0.717, 1.165) is 39.9 Å². The van der Waals surface area contributed by atoms with Crippen LogP contribution in [-0.2, 0) is 12.8 Å². The summed E-state index contributed by atoms with van der Waals surface area (Å²) in [5, 5.41) is 4.29. The first kappa shape index (κ1) is 12.0. The lowest BCUT2D eigenvalue weighted by Gasteiger charge is -2.10. The van der Waals surface area contributed by atoms with Gasteiger partial charge in [-0.3, -0.25) is 0 Å². The maximum Gasteiger partial charge on any atom is 0.163 e. The van der Waals surface area contributed by atoms with E-state index in [1.54, 1.807) is 10.9 Å². The summed E-state index contributed by atoms with van der Waals surface area (Å²) < 4.78 is 2.80. The Bertz CT molecular complexity index is 635. The molecular weight excluding hydrogens is 359 g/mol. The van der Waals surface area contributed by atoms with Gasteiger partial charge in [0.15, 0.2) is 5.82 Å². The number of halogens is 1. The van der Waals surface area contributed by atoms with Crippen LogP contribution in [-0.4, -0.2) is 19.8 Å². The van der Waals surface area contributed by atoms with Gasteiger partial charge < -0.3 is 5.73 Å². The molecule has 0 aromatic carbocycles. The standard InChI is InChI=1S/C12H11IN4S/c13-8-5-15-17(6-8)12-9(11(14)18)4-7-2-1-3-10(7)16-12/h4-6H,1-3H2,(H2,14,18). The van der Waals surface area contributed by atoms with Crippen LogP contribution in [0.5, 0.6) is 0 Å². The van der Waals surface area contributed by atoms with Gasteiger partial charge in [0.1, 0.15) is 4.99 Å². The molecular formula is C12H11IN4S. The first-order valence-electron chi connectivity index (χ1n) is 5.68. The van der Waals surface area contributed by atoms with Crippen molar-refractivity contribution >= 4 is 39.8 Å². The fourth-order valence-corrected chi connectivity index (χ4v) is 2.77. The molecule has 92 valence electrons. The normalized spacial score (nSPS) is 13.6. The zero-order valence-electron chi connectivity index (χ0n) is 9.56. The molecule has 0 unspecified atom stereocenters. The minimum absolute atomic E-state index is 0.373. The summed E-state index contributed by atoms with van der Waals surface area (Å²) >= 11 is 7.34. The van der Waals surface area contributed by atoms with Crippen LogP contribution in [0.1, 0.15) is 23.2 Å². The third kappa shape index (κ3) is 2.03. The van der Waals surface area contributed by atoms with E-state index >= 15 is 0 Å². The van der Waals surface area contributed by atoms with Crippen molar-refractivity contribution in [2.75, 3.05) is 0 Å². The number of hydrogen-bond acceptors (Lipinski definition) is 3. The quantitative estimate of drug-likeness (QED) is 0.649. The molecule has 0 atom stereocenters. The molecule has 2 aromatic heterocycles. The molecule has 0 amide bonds. The van der Waals surface area contributed by atoms with E-state index < -0.39 is 0 Å². The van der Waals surface area contributed by atoms with Crippen LogP contribution in [0.15, 0.2) is 18.5 Å². The van der Waals surface area contributed by atoms with E-state index in [-0.39, 0.29) is 0 Å². The van der Waals surface area contributed by atoms with Crippen LogP contribution >= 0.6 is 34.8 Å². The number of aryl methyl sites for hydroxylation is 2.